The molecule has 0 N–H and O–H groups in total. The Morgan fingerprint density at radius 3 is 0.729 bits per heavy atom. The summed E-state index contributed by atoms with van der Waals surface area (Å²) in [5.41, 5.74) is 41.6. The zero-order chi connectivity index (χ0) is 59.6. The van der Waals surface area contributed by atoms with Crippen LogP contribution in [-0.4, -0.2) is 6.71 Å². The first kappa shape index (κ1) is 57.8. The van der Waals surface area contributed by atoms with Crippen molar-refractivity contribution in [3.05, 3.63) is 303 Å². The first-order chi connectivity index (χ1) is 41.1. The fraction of sp³-hybridized carbons (Fsp3) is 0.167. The first-order valence-electron chi connectivity index (χ1n) is 30.5. The largest absolute Gasteiger partial charge is 0.243 e. The first-order valence-corrected chi connectivity index (χ1v) is 30.5. The molecule has 0 radical (unpaired) electrons. The lowest BCUT2D eigenvalue weighted by Crippen LogP contribution is -2.58. The topological polar surface area (TPSA) is 0 Å². The Morgan fingerprint density at radius 2 is 0.471 bits per heavy atom. The molecule has 0 saturated carbocycles. The highest BCUT2D eigenvalue weighted by Gasteiger charge is 2.36. The van der Waals surface area contributed by atoms with Crippen molar-refractivity contribution in [2.75, 3.05) is 0 Å². The van der Waals surface area contributed by atoms with Crippen molar-refractivity contribution in [1.82, 2.24) is 0 Å². The van der Waals surface area contributed by atoms with Gasteiger partial charge in [-0.3, -0.25) is 0 Å². The van der Waals surface area contributed by atoms with E-state index in [0.29, 0.717) is 0 Å². The highest BCUT2D eigenvalue weighted by atomic mass is 14.3. The van der Waals surface area contributed by atoms with Crippen LogP contribution in [0.2, 0.25) is 0 Å². The Balaban J connectivity index is 1.18. The molecule has 0 aliphatic carbocycles. The van der Waals surface area contributed by atoms with Gasteiger partial charge in [-0.25, -0.2) is 0 Å². The van der Waals surface area contributed by atoms with Gasteiger partial charge in [-0.15, -0.1) is 0 Å². The Morgan fingerprint density at radius 1 is 0.247 bits per heavy atom. The summed E-state index contributed by atoms with van der Waals surface area (Å²) in [7, 11) is 0. The molecule has 0 spiro atoms. The van der Waals surface area contributed by atoms with Gasteiger partial charge < -0.3 is 0 Å². The summed E-state index contributed by atoms with van der Waals surface area (Å²) >= 11 is 0. The molecule has 85 heavy (non-hydrogen) atoms. The second kappa shape index (κ2) is 24.7. The van der Waals surface area contributed by atoms with Crippen LogP contribution in [0.4, 0.5) is 0 Å². The number of allylic oxidation sites excluding steroid dienone is 4. The van der Waals surface area contributed by atoms with Crippen molar-refractivity contribution in [3.63, 3.8) is 0 Å². The molecule has 0 aliphatic rings. The molecule has 0 nitrogen and oxygen atoms in total. The van der Waals surface area contributed by atoms with E-state index >= 15 is 0 Å². The van der Waals surface area contributed by atoms with E-state index in [2.05, 4.69) is 321 Å². The normalized spacial score (nSPS) is 11.5. The van der Waals surface area contributed by atoms with Crippen molar-refractivity contribution >= 4 is 23.1 Å². The van der Waals surface area contributed by atoms with Gasteiger partial charge in [0.05, 0.1) is 0 Å². The minimum absolute atomic E-state index is 0.0709. The molecular formula is C84H79B. The predicted molar refractivity (Wildman–Crippen MR) is 372 cm³/mol. The molecule has 0 aromatic heterocycles. The molecule has 0 saturated heterocycles. The van der Waals surface area contributed by atoms with Crippen molar-refractivity contribution in [2.24, 2.45) is 0 Å². The lowest BCUT2D eigenvalue weighted by molar-refractivity contribution is 1.24. The average molecular weight is 1100 g/mol. The molecule has 11 aromatic rings. The Labute approximate surface area is 508 Å². The monoisotopic (exact) mass is 1100 g/mol. The second-order valence-electron chi connectivity index (χ2n) is 23.8. The summed E-state index contributed by atoms with van der Waals surface area (Å²) in [6.07, 6.45) is 9.51. The molecule has 0 amide bonds. The number of rotatable bonds is 14. The molecule has 0 atom stereocenters. The third-order valence-corrected chi connectivity index (χ3v) is 19.0. The van der Waals surface area contributed by atoms with Crippen LogP contribution in [0.25, 0.3) is 89.0 Å². The van der Waals surface area contributed by atoms with Gasteiger partial charge in [0, 0.05) is 0 Å². The van der Waals surface area contributed by atoms with Gasteiger partial charge in [-0.05, 0) is 267 Å². The third-order valence-electron chi connectivity index (χ3n) is 19.0. The van der Waals surface area contributed by atoms with Gasteiger partial charge in [0.15, 0.2) is 0 Å². The molecule has 1 heteroatoms. The molecule has 0 heterocycles. The third kappa shape index (κ3) is 11.2. The summed E-state index contributed by atoms with van der Waals surface area (Å²) in [5, 5.41) is 0. The van der Waals surface area contributed by atoms with Gasteiger partial charge >= 0.3 is 0 Å². The van der Waals surface area contributed by atoms with E-state index < -0.39 is 0 Å². The maximum absolute atomic E-state index is 2.45. The van der Waals surface area contributed by atoms with Crippen LogP contribution in [0, 0.1) is 83.1 Å². The van der Waals surface area contributed by atoms with E-state index in [1.807, 2.05) is 0 Å². The van der Waals surface area contributed by atoms with Crippen LogP contribution in [0.3, 0.4) is 0 Å². The van der Waals surface area contributed by atoms with Crippen LogP contribution < -0.4 is 16.4 Å². The lowest BCUT2D eigenvalue weighted by Gasteiger charge is -2.33. The zero-order valence-electron chi connectivity index (χ0n) is 52.2. The summed E-state index contributed by atoms with van der Waals surface area (Å²) in [6.45, 7) is 30.9. The molecular weight excluding hydrogens is 1020 g/mol. The SMILES string of the molecule is C/C=C\C=C/Cc1cc(-c2ccccc2)cc(-c2c(C)c(C)c(B(c3c(C)c(C)c(-c4cc(-c5ccccc5)cc(-c5ccccc5)c4)c(C)c3C)c3c(C)c(C)c(-c4cc(-c5ccccc5)cc(-c5ccccc5)c4)c(C)c3C)c(C)c2C)c1. The van der Waals surface area contributed by atoms with Gasteiger partial charge in [-0.1, -0.05) is 238 Å². The highest BCUT2D eigenvalue weighted by molar-refractivity contribution is 6.97. The van der Waals surface area contributed by atoms with E-state index in [0.717, 1.165) is 6.42 Å². The van der Waals surface area contributed by atoms with E-state index in [1.165, 1.54) is 178 Å². The summed E-state index contributed by atoms with van der Waals surface area (Å²) < 4.78 is 0. The van der Waals surface area contributed by atoms with E-state index in [4.69, 9.17) is 0 Å². The van der Waals surface area contributed by atoms with Gasteiger partial charge in [-0.2, -0.15) is 0 Å². The lowest BCUT2D eigenvalue weighted by atomic mass is 9.32. The van der Waals surface area contributed by atoms with E-state index in [-0.39, 0.29) is 6.71 Å². The average Bonchev–Trinajstić information content (AvgIpc) is 1.03. The molecule has 11 aromatic carbocycles. The maximum atomic E-state index is 2.45. The standard InChI is InChI=1S/C84H79B/c1-14-15-16-22-33-65-44-71(66-34-23-17-24-35-66)48-76(45-65)79-53(2)59(8)82(60(9)54(79)3)85(83-61(10)55(4)80(56(5)62(83)11)77-49-72(67-36-25-18-26-37-67)46-73(50-77)68-38-27-19-28-39-68)84-63(12)57(6)81(58(7)64(84)13)78-51-74(69-40-29-20-30-41-69)47-75(52-78)70-42-31-21-32-43-70/h14-32,34-52H,33H2,1-13H3/b15-14-,22-16-. The van der Waals surface area contributed by atoms with Crippen molar-refractivity contribution in [1.29, 1.82) is 0 Å². The molecule has 11 rings (SSSR count). The Bertz CT molecular complexity index is 3950. The number of hydrogen-bond donors (Lipinski definition) is 0. The van der Waals surface area contributed by atoms with Gasteiger partial charge in [0.1, 0.15) is 0 Å². The summed E-state index contributed by atoms with van der Waals surface area (Å²) in [6, 6.07) is 76.2. The Hall–Kier alpha value is -9.04. The fourth-order valence-electron chi connectivity index (χ4n) is 13.9. The molecule has 418 valence electrons. The maximum Gasteiger partial charge on any atom is 0.243 e. The molecule has 0 fully saturated rings. The number of hydrogen-bond acceptors (Lipinski definition) is 0. The van der Waals surface area contributed by atoms with Crippen LogP contribution >= 0.6 is 0 Å². The second-order valence-corrected chi connectivity index (χ2v) is 23.8. The fourth-order valence-corrected chi connectivity index (χ4v) is 13.9. The minimum Gasteiger partial charge on any atom is -0.0877 e. The summed E-state index contributed by atoms with van der Waals surface area (Å²) in [4.78, 5) is 0. The smallest absolute Gasteiger partial charge is 0.0877 e. The van der Waals surface area contributed by atoms with E-state index in [9.17, 15) is 0 Å². The number of benzene rings is 11. The van der Waals surface area contributed by atoms with Crippen molar-refractivity contribution in [2.45, 2.75) is 96.4 Å². The Kier molecular flexibility index (Phi) is 16.8. The van der Waals surface area contributed by atoms with Crippen molar-refractivity contribution < 1.29 is 0 Å². The van der Waals surface area contributed by atoms with Gasteiger partial charge in [0.25, 0.3) is 0 Å². The van der Waals surface area contributed by atoms with Crippen LogP contribution in [0.5, 0.6) is 0 Å². The highest BCUT2D eigenvalue weighted by Crippen LogP contribution is 2.42. The van der Waals surface area contributed by atoms with Crippen LogP contribution in [-0.2, 0) is 6.42 Å². The van der Waals surface area contributed by atoms with Crippen LogP contribution in [0.15, 0.2) is 231 Å². The molecule has 0 unspecified atom stereocenters. The predicted octanol–water partition coefficient (Wildman–Crippen LogP) is 20.9. The van der Waals surface area contributed by atoms with Crippen molar-refractivity contribution in [3.8, 4) is 89.0 Å². The minimum atomic E-state index is -0.0709. The van der Waals surface area contributed by atoms with E-state index in [1.54, 1.807) is 0 Å². The van der Waals surface area contributed by atoms with Crippen LogP contribution in [0.1, 0.15) is 79.2 Å². The quantitative estimate of drug-likeness (QED) is 0.0752. The zero-order valence-corrected chi connectivity index (χ0v) is 52.2. The molecule has 0 bridgehead atoms. The molecule has 0 aliphatic heterocycles. The van der Waals surface area contributed by atoms with Gasteiger partial charge in [0.2, 0.25) is 6.71 Å². The summed E-state index contributed by atoms with van der Waals surface area (Å²) in [5.74, 6) is 0.